The maximum atomic E-state index is 14.2. The highest BCUT2D eigenvalue weighted by molar-refractivity contribution is 6.31. The van der Waals surface area contributed by atoms with Gasteiger partial charge in [-0.2, -0.15) is 0 Å². The zero-order valence-corrected chi connectivity index (χ0v) is 15.8. The molecule has 1 aromatic carbocycles. The van der Waals surface area contributed by atoms with E-state index in [4.69, 9.17) is 16.3 Å². The first-order chi connectivity index (χ1) is 12.6. The molecule has 26 heavy (non-hydrogen) atoms. The molecule has 0 saturated carbocycles. The van der Waals surface area contributed by atoms with Crippen LogP contribution < -0.4 is 5.32 Å². The molecule has 7 heteroatoms. The van der Waals surface area contributed by atoms with Crippen LogP contribution in [0.3, 0.4) is 0 Å². The quantitative estimate of drug-likeness (QED) is 0.819. The number of hydrogen-bond donors (Lipinski definition) is 1. The van der Waals surface area contributed by atoms with Crippen LogP contribution in [0.15, 0.2) is 18.2 Å². The van der Waals surface area contributed by atoms with E-state index in [1.54, 1.807) is 0 Å². The predicted octanol–water partition coefficient (Wildman–Crippen LogP) is 2.40. The Kier molecular flexibility index (Phi) is 7.25. The fraction of sp³-hybridized carbons (Fsp3) is 0.632. The molecule has 1 unspecified atom stereocenters. The summed E-state index contributed by atoms with van der Waals surface area (Å²) in [5.41, 5.74) is 0.0643. The Morgan fingerprint density at radius 2 is 2.19 bits per heavy atom. The number of carbonyl (C=O) groups excluding carboxylic acids is 1. The van der Waals surface area contributed by atoms with Crippen LogP contribution in [0.5, 0.6) is 0 Å². The van der Waals surface area contributed by atoms with Crippen molar-refractivity contribution in [3.05, 3.63) is 34.6 Å². The molecule has 2 fully saturated rings. The lowest BCUT2D eigenvalue weighted by Gasteiger charge is -2.36. The van der Waals surface area contributed by atoms with Crippen LogP contribution in [-0.2, 0) is 4.74 Å². The normalized spacial score (nSPS) is 21.5. The fourth-order valence-corrected chi connectivity index (χ4v) is 3.83. The van der Waals surface area contributed by atoms with Crippen LogP contribution in [-0.4, -0.2) is 74.2 Å². The molecule has 0 radical (unpaired) electrons. The second-order valence-electron chi connectivity index (χ2n) is 6.93. The van der Waals surface area contributed by atoms with E-state index in [9.17, 15) is 9.18 Å². The molecule has 2 aliphatic heterocycles. The van der Waals surface area contributed by atoms with Gasteiger partial charge in [0, 0.05) is 43.8 Å². The first kappa shape index (κ1) is 19.5. The molecule has 3 rings (SSSR count). The lowest BCUT2D eigenvalue weighted by molar-refractivity contribution is 0.0342. The Labute approximate surface area is 159 Å². The van der Waals surface area contributed by atoms with Gasteiger partial charge < -0.3 is 15.0 Å². The number of benzene rings is 1. The number of carbonyl (C=O) groups is 1. The van der Waals surface area contributed by atoms with Crippen molar-refractivity contribution in [3.8, 4) is 0 Å². The maximum Gasteiger partial charge on any atom is 0.257 e. The van der Waals surface area contributed by atoms with E-state index in [-0.39, 0.29) is 17.5 Å². The number of nitrogens with one attached hydrogen (secondary N) is 1. The molecule has 0 aromatic heterocycles. The minimum Gasteiger partial charge on any atom is -0.379 e. The van der Waals surface area contributed by atoms with Gasteiger partial charge in [-0.3, -0.25) is 9.69 Å². The van der Waals surface area contributed by atoms with Gasteiger partial charge in [-0.05, 0) is 44.0 Å². The van der Waals surface area contributed by atoms with Crippen molar-refractivity contribution in [3.63, 3.8) is 0 Å². The molecule has 144 valence electrons. The van der Waals surface area contributed by atoms with Crippen LogP contribution in [0, 0.1) is 5.82 Å². The number of amides is 1. The van der Waals surface area contributed by atoms with Crippen molar-refractivity contribution in [2.24, 2.45) is 0 Å². The second kappa shape index (κ2) is 9.65. The summed E-state index contributed by atoms with van der Waals surface area (Å²) in [4.78, 5) is 17.3. The Morgan fingerprint density at radius 1 is 1.38 bits per heavy atom. The van der Waals surface area contributed by atoms with Gasteiger partial charge in [0.2, 0.25) is 0 Å². The van der Waals surface area contributed by atoms with Crippen molar-refractivity contribution in [2.75, 3.05) is 52.5 Å². The van der Waals surface area contributed by atoms with Crippen molar-refractivity contribution in [2.45, 2.75) is 25.3 Å². The first-order valence-corrected chi connectivity index (χ1v) is 9.80. The summed E-state index contributed by atoms with van der Waals surface area (Å²) in [6, 6.07) is 4.27. The third kappa shape index (κ3) is 5.16. The van der Waals surface area contributed by atoms with Gasteiger partial charge in [-0.15, -0.1) is 0 Å². The average Bonchev–Trinajstić information content (AvgIpc) is 2.68. The molecule has 1 atom stereocenters. The van der Waals surface area contributed by atoms with Crippen LogP contribution in [0.4, 0.5) is 4.39 Å². The smallest absolute Gasteiger partial charge is 0.257 e. The van der Waals surface area contributed by atoms with Gasteiger partial charge in [-0.1, -0.05) is 11.6 Å². The largest absolute Gasteiger partial charge is 0.379 e. The van der Waals surface area contributed by atoms with E-state index in [0.717, 1.165) is 65.2 Å². The Bertz CT molecular complexity index is 604. The number of morpholine rings is 1. The van der Waals surface area contributed by atoms with Crippen LogP contribution >= 0.6 is 11.6 Å². The number of halogens is 2. The molecule has 0 aliphatic carbocycles. The summed E-state index contributed by atoms with van der Waals surface area (Å²) in [6.07, 6.45) is 2.83. The number of piperidine rings is 1. The van der Waals surface area contributed by atoms with E-state index >= 15 is 0 Å². The third-order valence-corrected chi connectivity index (χ3v) is 5.34. The van der Waals surface area contributed by atoms with E-state index in [2.05, 4.69) is 10.2 Å². The molecule has 5 nitrogen and oxygen atoms in total. The zero-order valence-electron chi connectivity index (χ0n) is 15.1. The van der Waals surface area contributed by atoms with Crippen molar-refractivity contribution in [1.29, 1.82) is 0 Å². The summed E-state index contributed by atoms with van der Waals surface area (Å²) in [5, 5.41) is 3.73. The minimum absolute atomic E-state index is 0.0643. The highest BCUT2D eigenvalue weighted by Crippen LogP contribution is 2.20. The van der Waals surface area contributed by atoms with Crippen LogP contribution in [0.1, 0.15) is 29.6 Å². The van der Waals surface area contributed by atoms with Gasteiger partial charge in [0.25, 0.3) is 5.91 Å². The molecule has 2 heterocycles. The van der Waals surface area contributed by atoms with Crippen LogP contribution in [0.25, 0.3) is 0 Å². The lowest BCUT2D eigenvalue weighted by Crippen LogP contribution is -2.50. The first-order valence-electron chi connectivity index (χ1n) is 9.42. The van der Waals surface area contributed by atoms with Crippen LogP contribution in [0.2, 0.25) is 5.02 Å². The molecule has 1 aromatic rings. The Hall–Kier alpha value is -1.21. The molecule has 1 amide bonds. The predicted molar refractivity (Wildman–Crippen MR) is 100 cm³/mol. The number of hydrogen-bond acceptors (Lipinski definition) is 4. The molecular formula is C19H27ClFN3O2. The fourth-order valence-electron chi connectivity index (χ4n) is 3.65. The maximum absolute atomic E-state index is 14.2. The Morgan fingerprint density at radius 3 is 2.92 bits per heavy atom. The molecule has 2 aliphatic rings. The average molecular weight is 384 g/mol. The zero-order chi connectivity index (χ0) is 18.4. The second-order valence-corrected chi connectivity index (χ2v) is 7.37. The van der Waals surface area contributed by atoms with Gasteiger partial charge >= 0.3 is 0 Å². The summed E-state index contributed by atoms with van der Waals surface area (Å²) in [6.45, 7) is 6.67. The molecular weight excluding hydrogens is 357 g/mol. The lowest BCUT2D eigenvalue weighted by atomic mass is 10.0. The van der Waals surface area contributed by atoms with Gasteiger partial charge in [0.05, 0.1) is 18.8 Å². The van der Waals surface area contributed by atoms with Gasteiger partial charge in [0.15, 0.2) is 0 Å². The monoisotopic (exact) mass is 383 g/mol. The van der Waals surface area contributed by atoms with Gasteiger partial charge in [0.1, 0.15) is 5.82 Å². The summed E-state index contributed by atoms with van der Waals surface area (Å²) in [7, 11) is 0. The van der Waals surface area contributed by atoms with E-state index < -0.39 is 5.82 Å². The third-order valence-electron chi connectivity index (χ3n) is 5.11. The van der Waals surface area contributed by atoms with Crippen molar-refractivity contribution >= 4 is 17.5 Å². The van der Waals surface area contributed by atoms with E-state index in [1.807, 2.05) is 4.90 Å². The number of nitrogens with zero attached hydrogens (tertiary/aromatic N) is 2. The van der Waals surface area contributed by atoms with Crippen molar-refractivity contribution in [1.82, 2.24) is 15.1 Å². The number of rotatable bonds is 6. The van der Waals surface area contributed by atoms with E-state index in [0.29, 0.717) is 11.6 Å². The SMILES string of the molecule is O=C(c1cc(Cl)ccc1F)N(CCCN1CCOCC1)C1CCCNC1. The molecule has 0 bridgehead atoms. The van der Waals surface area contributed by atoms with E-state index in [1.165, 1.54) is 18.2 Å². The Balaban J connectivity index is 1.67. The highest BCUT2D eigenvalue weighted by Gasteiger charge is 2.28. The molecule has 1 N–H and O–H groups in total. The summed E-state index contributed by atoms with van der Waals surface area (Å²) < 4.78 is 19.6. The standard InChI is InChI=1S/C19H27ClFN3O2/c20-15-4-5-18(21)17(13-15)19(25)24(16-3-1-6-22-14-16)8-2-7-23-9-11-26-12-10-23/h4-5,13,16,22H,1-3,6-12,14H2. The summed E-state index contributed by atoms with van der Waals surface area (Å²) in [5.74, 6) is -0.776. The highest BCUT2D eigenvalue weighted by atomic mass is 35.5. The minimum atomic E-state index is -0.513. The van der Waals surface area contributed by atoms with Gasteiger partial charge in [-0.25, -0.2) is 4.39 Å². The van der Waals surface area contributed by atoms with Crippen molar-refractivity contribution < 1.29 is 13.9 Å². The topological polar surface area (TPSA) is 44.8 Å². The number of ether oxygens (including phenoxy) is 1. The molecule has 0 spiro atoms. The molecule has 2 saturated heterocycles. The summed E-state index contributed by atoms with van der Waals surface area (Å²) >= 11 is 5.99.